The molecule has 1 aliphatic rings. The van der Waals surface area contributed by atoms with E-state index in [0.29, 0.717) is 12.8 Å². The number of nitrogens with one attached hydrogen (secondary N) is 1. The lowest BCUT2D eigenvalue weighted by atomic mass is 9.66. The SMILES string of the molecule is CCCCC(S)C1CC(NC(=O)O)(C(=O)OC)C1. The minimum absolute atomic E-state index is 0.221. The Morgan fingerprint density at radius 3 is 2.61 bits per heavy atom. The Morgan fingerprint density at radius 2 is 2.17 bits per heavy atom. The minimum Gasteiger partial charge on any atom is -0.467 e. The van der Waals surface area contributed by atoms with Crippen LogP contribution < -0.4 is 5.32 Å². The third-order valence-electron chi connectivity index (χ3n) is 3.54. The first kappa shape index (κ1) is 15.1. The third-order valence-corrected chi connectivity index (χ3v) is 4.22. The number of esters is 1. The number of carboxylic acid groups (broad SMARTS) is 1. The second-order valence-corrected chi connectivity index (χ2v) is 5.55. The first-order valence-electron chi connectivity index (χ1n) is 6.22. The number of ether oxygens (including phenoxy) is 1. The highest BCUT2D eigenvalue weighted by Crippen LogP contribution is 2.43. The summed E-state index contributed by atoms with van der Waals surface area (Å²) in [5.41, 5.74) is -1.06. The zero-order valence-corrected chi connectivity index (χ0v) is 11.7. The molecule has 0 radical (unpaired) electrons. The van der Waals surface area contributed by atoms with Crippen molar-refractivity contribution in [2.24, 2.45) is 5.92 Å². The van der Waals surface area contributed by atoms with Crippen molar-refractivity contribution in [3.63, 3.8) is 0 Å². The van der Waals surface area contributed by atoms with Gasteiger partial charge in [0.05, 0.1) is 7.11 Å². The Balaban J connectivity index is 2.55. The largest absolute Gasteiger partial charge is 0.467 e. The van der Waals surface area contributed by atoms with Gasteiger partial charge in [0.2, 0.25) is 0 Å². The molecule has 18 heavy (non-hydrogen) atoms. The molecular formula is C12H21NO4S. The molecule has 5 nitrogen and oxygen atoms in total. The van der Waals surface area contributed by atoms with Gasteiger partial charge in [-0.15, -0.1) is 0 Å². The Labute approximate surface area is 113 Å². The van der Waals surface area contributed by atoms with Crippen molar-refractivity contribution in [2.45, 2.75) is 49.8 Å². The average molecular weight is 275 g/mol. The van der Waals surface area contributed by atoms with Gasteiger partial charge in [-0.2, -0.15) is 12.6 Å². The summed E-state index contributed by atoms with van der Waals surface area (Å²) in [6, 6.07) is 0. The number of carbonyl (C=O) groups is 2. The van der Waals surface area contributed by atoms with Crippen LogP contribution in [-0.2, 0) is 9.53 Å². The molecule has 2 N–H and O–H groups in total. The van der Waals surface area contributed by atoms with Gasteiger partial charge in [-0.1, -0.05) is 19.8 Å². The normalized spacial score (nSPS) is 28.1. The Morgan fingerprint density at radius 1 is 1.56 bits per heavy atom. The first-order chi connectivity index (χ1) is 8.45. The number of hydrogen-bond acceptors (Lipinski definition) is 4. The molecule has 0 aromatic heterocycles. The maximum Gasteiger partial charge on any atom is 0.405 e. The summed E-state index contributed by atoms with van der Waals surface area (Å²) in [7, 11) is 1.27. The van der Waals surface area contributed by atoms with Gasteiger partial charge < -0.3 is 15.2 Å². The van der Waals surface area contributed by atoms with Gasteiger partial charge in [0.15, 0.2) is 0 Å². The maximum absolute atomic E-state index is 11.7. The molecule has 0 heterocycles. The number of methoxy groups -OCH3 is 1. The summed E-state index contributed by atoms with van der Waals surface area (Å²) >= 11 is 4.53. The summed E-state index contributed by atoms with van der Waals surface area (Å²) in [5.74, 6) is -0.233. The van der Waals surface area contributed by atoms with Crippen LogP contribution in [0.15, 0.2) is 0 Å². The van der Waals surface area contributed by atoms with Crippen molar-refractivity contribution in [2.75, 3.05) is 7.11 Å². The molecular weight excluding hydrogens is 254 g/mol. The summed E-state index contributed by atoms with van der Waals surface area (Å²) in [6.45, 7) is 2.12. The van der Waals surface area contributed by atoms with E-state index in [2.05, 4.69) is 29.6 Å². The van der Waals surface area contributed by atoms with Crippen molar-refractivity contribution in [3.05, 3.63) is 0 Å². The molecule has 1 fully saturated rings. The molecule has 1 amide bonds. The molecule has 1 unspecified atom stereocenters. The van der Waals surface area contributed by atoms with Crippen molar-refractivity contribution in [1.29, 1.82) is 0 Å². The number of thiol groups is 1. The van der Waals surface area contributed by atoms with E-state index in [1.807, 2.05) is 0 Å². The maximum atomic E-state index is 11.7. The molecule has 0 bridgehead atoms. The average Bonchev–Trinajstić information content (AvgIpc) is 2.28. The van der Waals surface area contributed by atoms with Crippen molar-refractivity contribution < 1.29 is 19.4 Å². The highest BCUT2D eigenvalue weighted by Gasteiger charge is 2.53. The van der Waals surface area contributed by atoms with E-state index in [0.717, 1.165) is 19.3 Å². The summed E-state index contributed by atoms with van der Waals surface area (Å²) in [5, 5.41) is 11.3. The van der Waals surface area contributed by atoms with Crippen LogP contribution in [0.5, 0.6) is 0 Å². The Hall–Kier alpha value is -0.910. The number of rotatable bonds is 6. The fourth-order valence-corrected chi connectivity index (χ4v) is 2.87. The van der Waals surface area contributed by atoms with E-state index in [1.165, 1.54) is 7.11 Å². The van der Waals surface area contributed by atoms with Crippen LogP contribution >= 0.6 is 12.6 Å². The Kier molecular flexibility index (Phi) is 5.31. The van der Waals surface area contributed by atoms with E-state index in [9.17, 15) is 9.59 Å². The van der Waals surface area contributed by atoms with Gasteiger partial charge in [-0.3, -0.25) is 0 Å². The van der Waals surface area contributed by atoms with Crippen LogP contribution in [0.1, 0.15) is 39.0 Å². The van der Waals surface area contributed by atoms with Crippen LogP contribution in [0.25, 0.3) is 0 Å². The van der Waals surface area contributed by atoms with E-state index in [4.69, 9.17) is 5.11 Å². The zero-order valence-electron chi connectivity index (χ0n) is 10.8. The van der Waals surface area contributed by atoms with Crippen molar-refractivity contribution >= 4 is 24.7 Å². The zero-order chi connectivity index (χ0) is 13.8. The van der Waals surface area contributed by atoms with Crippen LogP contribution in [0, 0.1) is 5.92 Å². The fraction of sp³-hybridized carbons (Fsp3) is 0.833. The molecule has 1 aliphatic carbocycles. The van der Waals surface area contributed by atoms with Crippen LogP contribution in [-0.4, -0.2) is 35.1 Å². The van der Waals surface area contributed by atoms with E-state index in [1.54, 1.807) is 0 Å². The smallest absolute Gasteiger partial charge is 0.405 e. The second kappa shape index (κ2) is 6.31. The second-order valence-electron chi connectivity index (χ2n) is 4.88. The van der Waals surface area contributed by atoms with E-state index < -0.39 is 17.6 Å². The monoisotopic (exact) mass is 275 g/mol. The number of hydrogen-bond donors (Lipinski definition) is 3. The topological polar surface area (TPSA) is 75.6 Å². The number of carbonyl (C=O) groups excluding carboxylic acids is 1. The van der Waals surface area contributed by atoms with E-state index in [-0.39, 0.29) is 11.2 Å². The molecule has 0 aromatic carbocycles. The van der Waals surface area contributed by atoms with Crippen LogP contribution in [0.2, 0.25) is 0 Å². The predicted octanol–water partition coefficient (Wildman–Crippen LogP) is 2.06. The van der Waals surface area contributed by atoms with Crippen molar-refractivity contribution in [1.82, 2.24) is 5.32 Å². The highest BCUT2D eigenvalue weighted by atomic mass is 32.1. The lowest BCUT2D eigenvalue weighted by Gasteiger charge is -2.47. The molecule has 1 atom stereocenters. The van der Waals surface area contributed by atoms with Gasteiger partial charge in [0.25, 0.3) is 0 Å². The van der Waals surface area contributed by atoms with Gasteiger partial charge >= 0.3 is 12.1 Å². The van der Waals surface area contributed by atoms with Gasteiger partial charge in [0, 0.05) is 5.25 Å². The van der Waals surface area contributed by atoms with Crippen LogP contribution in [0.4, 0.5) is 4.79 Å². The minimum atomic E-state index is -1.19. The number of amides is 1. The lowest BCUT2D eigenvalue weighted by molar-refractivity contribution is -0.154. The van der Waals surface area contributed by atoms with Gasteiger partial charge in [-0.25, -0.2) is 9.59 Å². The highest BCUT2D eigenvalue weighted by molar-refractivity contribution is 7.81. The van der Waals surface area contributed by atoms with Gasteiger partial charge in [0.1, 0.15) is 5.54 Å². The number of unbranched alkanes of at least 4 members (excludes halogenated alkanes) is 1. The molecule has 1 rings (SSSR count). The standard InChI is InChI=1S/C12H21NO4S/c1-3-4-5-9(18)8-6-12(7-8,10(14)17-2)13-11(15)16/h8-9,13,18H,3-7H2,1-2H3,(H,15,16). The van der Waals surface area contributed by atoms with Gasteiger partial charge in [-0.05, 0) is 25.2 Å². The van der Waals surface area contributed by atoms with E-state index >= 15 is 0 Å². The van der Waals surface area contributed by atoms with Crippen LogP contribution in [0.3, 0.4) is 0 Å². The third kappa shape index (κ3) is 3.31. The summed E-state index contributed by atoms with van der Waals surface area (Å²) < 4.78 is 4.68. The molecule has 6 heteroatoms. The molecule has 1 saturated carbocycles. The quantitative estimate of drug-likeness (QED) is 0.512. The fourth-order valence-electron chi connectivity index (χ4n) is 2.48. The summed E-state index contributed by atoms with van der Waals surface area (Å²) in [6.07, 6.45) is 2.97. The predicted molar refractivity (Wildman–Crippen MR) is 70.9 cm³/mol. The molecule has 104 valence electrons. The molecule has 0 saturated heterocycles. The first-order valence-corrected chi connectivity index (χ1v) is 6.74. The Bertz CT molecular complexity index is 315. The summed E-state index contributed by atoms with van der Waals surface area (Å²) in [4.78, 5) is 22.4. The molecule has 0 aliphatic heterocycles. The van der Waals surface area contributed by atoms with Crippen molar-refractivity contribution in [3.8, 4) is 0 Å². The lowest BCUT2D eigenvalue weighted by Crippen LogP contribution is -2.64. The molecule has 0 spiro atoms. The molecule has 0 aromatic rings.